The van der Waals surface area contributed by atoms with Gasteiger partial charge in [0.1, 0.15) is 0 Å². The minimum Gasteiger partial charge on any atom is -0.481 e. The van der Waals surface area contributed by atoms with Gasteiger partial charge in [-0.2, -0.15) is 0 Å². The highest BCUT2D eigenvalue weighted by Crippen LogP contribution is 2.26. The first-order valence-electron chi connectivity index (χ1n) is 5.19. The van der Waals surface area contributed by atoms with E-state index in [1.165, 1.54) is 12.8 Å². The van der Waals surface area contributed by atoms with Crippen LogP contribution < -0.4 is 0 Å². The van der Waals surface area contributed by atoms with E-state index in [1.54, 1.807) is 7.11 Å². The Morgan fingerprint density at radius 1 is 1.50 bits per heavy atom. The van der Waals surface area contributed by atoms with Crippen LogP contribution in [0.5, 0.6) is 0 Å². The van der Waals surface area contributed by atoms with E-state index in [0.29, 0.717) is 6.04 Å². The molecule has 0 atom stereocenters. The van der Waals surface area contributed by atoms with Crippen LogP contribution in [-0.2, 0) is 9.53 Å². The van der Waals surface area contributed by atoms with E-state index in [4.69, 9.17) is 9.84 Å². The topological polar surface area (TPSA) is 49.8 Å². The van der Waals surface area contributed by atoms with E-state index >= 15 is 0 Å². The molecule has 0 radical (unpaired) electrons. The summed E-state index contributed by atoms with van der Waals surface area (Å²) in [5, 5.41) is 8.51. The van der Waals surface area contributed by atoms with Crippen molar-refractivity contribution in [2.24, 2.45) is 0 Å². The summed E-state index contributed by atoms with van der Waals surface area (Å²) in [6.07, 6.45) is 3.54. The highest BCUT2D eigenvalue weighted by molar-refractivity contribution is 5.66. The van der Waals surface area contributed by atoms with Gasteiger partial charge in [0.15, 0.2) is 0 Å². The number of carboxylic acids is 1. The molecule has 1 aliphatic rings. The van der Waals surface area contributed by atoms with Gasteiger partial charge in [0, 0.05) is 26.1 Å². The Hall–Kier alpha value is -0.610. The highest BCUT2D eigenvalue weighted by Gasteiger charge is 2.28. The number of aliphatic carboxylic acids is 1. The third-order valence-corrected chi connectivity index (χ3v) is 2.48. The molecule has 0 unspecified atom stereocenters. The van der Waals surface area contributed by atoms with Gasteiger partial charge in [0.2, 0.25) is 0 Å². The lowest BCUT2D eigenvalue weighted by Gasteiger charge is -2.20. The fourth-order valence-electron chi connectivity index (χ4n) is 1.56. The molecule has 0 aromatic carbocycles. The molecule has 0 bridgehead atoms. The van der Waals surface area contributed by atoms with Gasteiger partial charge in [-0.05, 0) is 25.8 Å². The normalized spacial score (nSPS) is 16.1. The first-order chi connectivity index (χ1) is 6.74. The molecule has 1 saturated carbocycles. The van der Waals surface area contributed by atoms with Gasteiger partial charge >= 0.3 is 5.97 Å². The lowest BCUT2D eigenvalue weighted by molar-refractivity contribution is -0.137. The predicted octanol–water partition coefficient (Wildman–Crippen LogP) is 0.962. The van der Waals surface area contributed by atoms with Crippen LogP contribution in [0.4, 0.5) is 0 Å². The van der Waals surface area contributed by atoms with Crippen LogP contribution in [0, 0.1) is 0 Å². The van der Waals surface area contributed by atoms with Crippen molar-refractivity contribution in [2.45, 2.75) is 31.7 Å². The van der Waals surface area contributed by atoms with Crippen molar-refractivity contribution in [1.29, 1.82) is 0 Å². The summed E-state index contributed by atoms with van der Waals surface area (Å²) < 4.78 is 5.02. The number of rotatable bonds is 8. The number of nitrogens with zero attached hydrogens (tertiary/aromatic N) is 1. The zero-order chi connectivity index (χ0) is 10.4. The Balaban J connectivity index is 2.11. The maximum absolute atomic E-state index is 10.3. The Morgan fingerprint density at radius 3 is 2.71 bits per heavy atom. The molecule has 0 aromatic rings. The van der Waals surface area contributed by atoms with Crippen molar-refractivity contribution in [2.75, 3.05) is 26.8 Å². The molecule has 1 fully saturated rings. The zero-order valence-electron chi connectivity index (χ0n) is 8.74. The second kappa shape index (κ2) is 5.98. The minimum atomic E-state index is -0.701. The molecule has 0 saturated heterocycles. The van der Waals surface area contributed by atoms with Gasteiger partial charge < -0.3 is 9.84 Å². The first kappa shape index (κ1) is 11.5. The van der Waals surface area contributed by atoms with Gasteiger partial charge in [-0.1, -0.05) is 0 Å². The molecular formula is C10H19NO3. The standard InChI is InChI=1S/C10H19NO3/c1-14-8-7-11(9-4-5-9)6-2-3-10(12)13/h9H,2-8H2,1H3,(H,12,13). The number of methoxy groups -OCH3 is 1. The maximum atomic E-state index is 10.3. The van der Waals surface area contributed by atoms with Gasteiger partial charge in [-0.15, -0.1) is 0 Å². The molecule has 4 heteroatoms. The molecule has 4 nitrogen and oxygen atoms in total. The Morgan fingerprint density at radius 2 is 2.21 bits per heavy atom. The largest absolute Gasteiger partial charge is 0.481 e. The van der Waals surface area contributed by atoms with Gasteiger partial charge in [0.25, 0.3) is 0 Å². The van der Waals surface area contributed by atoms with Crippen molar-refractivity contribution in [3.05, 3.63) is 0 Å². The highest BCUT2D eigenvalue weighted by atomic mass is 16.5. The molecule has 1 aliphatic carbocycles. The lowest BCUT2D eigenvalue weighted by atomic mass is 10.3. The van der Waals surface area contributed by atoms with Crippen molar-refractivity contribution in [3.8, 4) is 0 Å². The number of carbonyl (C=O) groups is 1. The van der Waals surface area contributed by atoms with Gasteiger partial charge in [-0.3, -0.25) is 9.69 Å². The zero-order valence-corrected chi connectivity index (χ0v) is 8.74. The fraction of sp³-hybridized carbons (Fsp3) is 0.900. The van der Waals surface area contributed by atoms with E-state index in [1.807, 2.05) is 0 Å². The monoisotopic (exact) mass is 201 g/mol. The number of carboxylic acid groups (broad SMARTS) is 1. The summed E-state index contributed by atoms with van der Waals surface area (Å²) in [6, 6.07) is 0.693. The third-order valence-electron chi connectivity index (χ3n) is 2.48. The van der Waals surface area contributed by atoms with Crippen LogP contribution in [0.2, 0.25) is 0 Å². The third kappa shape index (κ3) is 4.58. The number of ether oxygens (including phenoxy) is 1. The second-order valence-corrected chi connectivity index (χ2v) is 3.76. The first-order valence-corrected chi connectivity index (χ1v) is 5.19. The van der Waals surface area contributed by atoms with Crippen LogP contribution in [0.25, 0.3) is 0 Å². The second-order valence-electron chi connectivity index (χ2n) is 3.76. The molecule has 0 aliphatic heterocycles. The van der Waals surface area contributed by atoms with E-state index in [9.17, 15) is 4.79 Å². The summed E-state index contributed by atoms with van der Waals surface area (Å²) in [6.45, 7) is 2.56. The van der Waals surface area contributed by atoms with E-state index in [0.717, 1.165) is 26.1 Å². The van der Waals surface area contributed by atoms with E-state index < -0.39 is 5.97 Å². The van der Waals surface area contributed by atoms with Crippen molar-refractivity contribution < 1.29 is 14.6 Å². The van der Waals surface area contributed by atoms with Gasteiger partial charge in [0.05, 0.1) is 6.61 Å². The van der Waals surface area contributed by atoms with Crippen molar-refractivity contribution >= 4 is 5.97 Å². The molecule has 0 amide bonds. The smallest absolute Gasteiger partial charge is 0.303 e. The number of hydrogen-bond donors (Lipinski definition) is 1. The Kier molecular flexibility index (Phi) is 4.90. The molecule has 0 heterocycles. The lowest BCUT2D eigenvalue weighted by Crippen LogP contribution is -2.30. The van der Waals surface area contributed by atoms with E-state index in [-0.39, 0.29) is 6.42 Å². The fourth-order valence-corrected chi connectivity index (χ4v) is 1.56. The molecule has 82 valence electrons. The Bertz CT molecular complexity index is 180. The average molecular weight is 201 g/mol. The molecule has 1 rings (SSSR count). The number of hydrogen-bond acceptors (Lipinski definition) is 3. The van der Waals surface area contributed by atoms with Crippen LogP contribution in [-0.4, -0.2) is 48.8 Å². The maximum Gasteiger partial charge on any atom is 0.303 e. The predicted molar refractivity (Wildman–Crippen MR) is 53.3 cm³/mol. The quantitative estimate of drug-likeness (QED) is 0.635. The molecular weight excluding hydrogens is 182 g/mol. The summed E-state index contributed by atoms with van der Waals surface area (Å²) in [5.74, 6) is -0.701. The Labute approximate surface area is 84.8 Å². The average Bonchev–Trinajstić information content (AvgIpc) is 2.93. The van der Waals surface area contributed by atoms with Crippen LogP contribution in [0.15, 0.2) is 0 Å². The van der Waals surface area contributed by atoms with Crippen LogP contribution in [0.3, 0.4) is 0 Å². The summed E-state index contributed by atoms with van der Waals surface area (Å²) in [7, 11) is 1.70. The van der Waals surface area contributed by atoms with E-state index in [2.05, 4.69) is 4.90 Å². The minimum absolute atomic E-state index is 0.274. The molecule has 1 N–H and O–H groups in total. The summed E-state index contributed by atoms with van der Waals surface area (Å²) >= 11 is 0. The molecule has 14 heavy (non-hydrogen) atoms. The summed E-state index contributed by atoms with van der Waals surface area (Å²) in [4.78, 5) is 12.7. The van der Waals surface area contributed by atoms with Crippen LogP contribution >= 0.6 is 0 Å². The SMILES string of the molecule is COCCN(CCCC(=O)O)C1CC1. The molecule has 0 spiro atoms. The van der Waals surface area contributed by atoms with Crippen molar-refractivity contribution in [3.63, 3.8) is 0 Å². The molecule has 0 aromatic heterocycles. The summed E-state index contributed by atoms with van der Waals surface area (Å²) in [5.41, 5.74) is 0. The van der Waals surface area contributed by atoms with Gasteiger partial charge in [-0.25, -0.2) is 0 Å². The van der Waals surface area contributed by atoms with Crippen LogP contribution in [0.1, 0.15) is 25.7 Å². The van der Waals surface area contributed by atoms with Crippen molar-refractivity contribution in [1.82, 2.24) is 4.90 Å².